The van der Waals surface area contributed by atoms with Gasteiger partial charge in [-0.25, -0.2) is 4.21 Å². The quantitative estimate of drug-likeness (QED) is 0.562. The van der Waals surface area contributed by atoms with Crippen LogP contribution in [-0.4, -0.2) is 19.7 Å². The number of hydrogen-bond donors (Lipinski definition) is 3. The molecule has 0 saturated carbocycles. The highest BCUT2D eigenvalue weighted by Crippen LogP contribution is 2.23. The van der Waals surface area contributed by atoms with E-state index in [1.165, 1.54) is 18.3 Å². The molecule has 3 rings (SSSR count). The van der Waals surface area contributed by atoms with E-state index in [4.69, 9.17) is 4.55 Å². The van der Waals surface area contributed by atoms with Gasteiger partial charge in [-0.1, -0.05) is 45.0 Å². The van der Waals surface area contributed by atoms with Crippen LogP contribution in [0.3, 0.4) is 0 Å². The van der Waals surface area contributed by atoms with Crippen molar-refractivity contribution in [2.45, 2.75) is 31.1 Å². The molecule has 3 N–H and O–H groups in total. The van der Waals surface area contributed by atoms with Gasteiger partial charge in [-0.15, -0.1) is 0 Å². The van der Waals surface area contributed by atoms with E-state index in [2.05, 4.69) is 31.1 Å². The van der Waals surface area contributed by atoms with E-state index in [-0.39, 0.29) is 21.9 Å². The van der Waals surface area contributed by atoms with Crippen molar-refractivity contribution in [1.82, 2.24) is 4.98 Å². The van der Waals surface area contributed by atoms with E-state index in [0.29, 0.717) is 11.1 Å². The van der Waals surface area contributed by atoms with Crippen molar-refractivity contribution in [3.63, 3.8) is 0 Å². The minimum Gasteiger partial charge on any atom is -0.327 e. The second kappa shape index (κ2) is 8.14. The molecule has 0 spiro atoms. The summed E-state index contributed by atoms with van der Waals surface area (Å²) >= 11 is -2.05. The molecule has 0 radical (unpaired) electrons. The van der Waals surface area contributed by atoms with Gasteiger partial charge in [0.1, 0.15) is 5.69 Å². The molecule has 0 fully saturated rings. The molecule has 0 saturated heterocycles. The highest BCUT2D eigenvalue weighted by Gasteiger charge is 2.15. The third-order valence-corrected chi connectivity index (χ3v) is 5.23. The summed E-state index contributed by atoms with van der Waals surface area (Å²) in [6.07, 6.45) is 1.53. The molecule has 1 unspecified atom stereocenters. The topological polar surface area (TPSA) is 99.3 Å². The Kier molecular flexibility index (Phi) is 5.81. The number of nitrogens with one attached hydrogen (secondary N) is 2. The normalized spacial score (nSPS) is 12.4. The van der Waals surface area contributed by atoms with Gasteiger partial charge in [0.2, 0.25) is 0 Å². The molecular formula is C22H22N2O4S. The van der Waals surface area contributed by atoms with E-state index < -0.39 is 16.6 Å². The van der Waals surface area contributed by atoms with Crippen molar-refractivity contribution in [3.8, 4) is 11.1 Å². The van der Waals surface area contributed by atoms with E-state index in [1.807, 2.05) is 12.1 Å². The summed E-state index contributed by atoms with van der Waals surface area (Å²) < 4.78 is 20.2. The fourth-order valence-electron chi connectivity index (χ4n) is 2.82. The molecule has 1 atom stereocenters. The average molecular weight is 410 g/mol. The van der Waals surface area contributed by atoms with Crippen LogP contribution in [0.1, 0.15) is 36.7 Å². The Hall–Kier alpha value is -3.03. The number of pyridine rings is 1. The number of aromatic amines is 1. The van der Waals surface area contributed by atoms with Crippen molar-refractivity contribution >= 4 is 22.7 Å². The van der Waals surface area contributed by atoms with Crippen molar-refractivity contribution in [2.75, 3.05) is 5.32 Å². The minimum absolute atomic E-state index is 0.0152. The van der Waals surface area contributed by atoms with Gasteiger partial charge in [-0.3, -0.25) is 9.59 Å². The number of rotatable bonds is 4. The van der Waals surface area contributed by atoms with Crippen LogP contribution in [0.2, 0.25) is 0 Å². The Morgan fingerprint density at radius 1 is 1.00 bits per heavy atom. The standard InChI is InChI=1S/C22H22N2O4S/c1-22(2,3)17-8-4-15(5-9-17)20(25)24-19-12-16(13-23-21(19)26)14-6-10-18(11-7-14)29(27)28/h4-13H,1-3H3,(H,23,26)(H,24,25)(H,27,28). The summed E-state index contributed by atoms with van der Waals surface area (Å²) in [5, 5.41) is 2.65. The lowest BCUT2D eigenvalue weighted by molar-refractivity contribution is 0.102. The predicted molar refractivity (Wildman–Crippen MR) is 115 cm³/mol. The predicted octanol–water partition coefficient (Wildman–Crippen LogP) is 4.17. The fourth-order valence-corrected chi connectivity index (χ4v) is 3.19. The Labute approximate surface area is 171 Å². The first-order chi connectivity index (χ1) is 13.6. The molecular weight excluding hydrogens is 388 g/mol. The summed E-state index contributed by atoms with van der Waals surface area (Å²) in [6.45, 7) is 6.29. The number of aromatic nitrogens is 1. The van der Waals surface area contributed by atoms with Crippen LogP contribution in [0.25, 0.3) is 11.1 Å². The molecule has 6 nitrogen and oxygen atoms in total. The van der Waals surface area contributed by atoms with Gasteiger partial charge < -0.3 is 14.9 Å². The minimum atomic E-state index is -2.05. The lowest BCUT2D eigenvalue weighted by atomic mass is 9.87. The number of amides is 1. The van der Waals surface area contributed by atoms with Crippen molar-refractivity contribution in [1.29, 1.82) is 0 Å². The Morgan fingerprint density at radius 2 is 1.62 bits per heavy atom. The first kappa shape index (κ1) is 20.7. The van der Waals surface area contributed by atoms with Gasteiger partial charge >= 0.3 is 0 Å². The average Bonchev–Trinajstić information content (AvgIpc) is 2.69. The lowest BCUT2D eigenvalue weighted by Crippen LogP contribution is -2.20. The molecule has 0 bridgehead atoms. The number of H-pyrrole nitrogens is 1. The maximum atomic E-state index is 12.6. The highest BCUT2D eigenvalue weighted by molar-refractivity contribution is 7.79. The van der Waals surface area contributed by atoms with Crippen molar-refractivity contribution in [2.24, 2.45) is 0 Å². The molecule has 1 aromatic heterocycles. The number of benzene rings is 2. The number of anilines is 1. The Balaban J connectivity index is 1.84. The Bertz CT molecular complexity index is 1110. The van der Waals surface area contributed by atoms with Gasteiger partial charge in [0.15, 0.2) is 11.1 Å². The van der Waals surface area contributed by atoms with Crippen LogP contribution < -0.4 is 10.9 Å². The molecule has 150 valence electrons. The zero-order valence-corrected chi connectivity index (χ0v) is 17.2. The molecule has 2 aromatic carbocycles. The summed E-state index contributed by atoms with van der Waals surface area (Å²) in [4.78, 5) is 27.6. The van der Waals surface area contributed by atoms with Crippen molar-refractivity contribution < 1.29 is 13.6 Å². The summed E-state index contributed by atoms with van der Waals surface area (Å²) in [5.74, 6) is -0.376. The zero-order valence-electron chi connectivity index (χ0n) is 16.4. The largest absolute Gasteiger partial charge is 0.327 e. The third-order valence-electron chi connectivity index (χ3n) is 4.55. The zero-order chi connectivity index (χ0) is 21.2. The Morgan fingerprint density at radius 3 is 2.17 bits per heavy atom. The molecule has 29 heavy (non-hydrogen) atoms. The maximum Gasteiger partial charge on any atom is 0.271 e. The summed E-state index contributed by atoms with van der Waals surface area (Å²) in [5.41, 5.74) is 2.67. The third kappa shape index (κ3) is 4.88. The maximum absolute atomic E-state index is 12.6. The molecule has 3 aromatic rings. The SMILES string of the molecule is CC(C)(C)c1ccc(C(=O)Nc2cc(-c3ccc(S(=O)O)cc3)c[nH]c2=O)cc1. The van der Waals surface area contributed by atoms with Crippen LogP contribution in [0.5, 0.6) is 0 Å². The van der Waals surface area contributed by atoms with Crippen LogP contribution in [0.15, 0.2) is 70.5 Å². The lowest BCUT2D eigenvalue weighted by Gasteiger charge is -2.19. The smallest absolute Gasteiger partial charge is 0.271 e. The number of carbonyl (C=O) groups is 1. The first-order valence-electron chi connectivity index (χ1n) is 9.01. The van der Waals surface area contributed by atoms with Gasteiger partial charge in [0.25, 0.3) is 11.5 Å². The van der Waals surface area contributed by atoms with Gasteiger partial charge in [0, 0.05) is 17.3 Å². The molecule has 0 aliphatic carbocycles. The summed E-state index contributed by atoms with van der Waals surface area (Å²) in [6, 6.07) is 15.3. The summed E-state index contributed by atoms with van der Waals surface area (Å²) in [7, 11) is 0. The van der Waals surface area contributed by atoms with Gasteiger partial charge in [-0.2, -0.15) is 0 Å². The first-order valence-corrected chi connectivity index (χ1v) is 10.1. The second-order valence-corrected chi connectivity index (χ2v) is 8.66. The van der Waals surface area contributed by atoms with E-state index >= 15 is 0 Å². The monoisotopic (exact) mass is 410 g/mol. The number of carbonyl (C=O) groups excluding carboxylic acids is 1. The van der Waals surface area contributed by atoms with Crippen LogP contribution >= 0.6 is 0 Å². The van der Waals surface area contributed by atoms with Gasteiger partial charge in [0.05, 0.1) is 4.90 Å². The fraction of sp³-hybridized carbons (Fsp3) is 0.182. The number of hydrogen-bond acceptors (Lipinski definition) is 3. The molecule has 0 aliphatic heterocycles. The molecule has 1 heterocycles. The van der Waals surface area contributed by atoms with Crippen LogP contribution in [0, 0.1) is 0 Å². The van der Waals surface area contributed by atoms with E-state index in [9.17, 15) is 13.8 Å². The van der Waals surface area contributed by atoms with Crippen molar-refractivity contribution in [3.05, 3.63) is 82.3 Å². The van der Waals surface area contributed by atoms with E-state index in [1.54, 1.807) is 30.3 Å². The molecule has 7 heteroatoms. The second-order valence-electron chi connectivity index (χ2n) is 7.69. The molecule has 1 amide bonds. The van der Waals surface area contributed by atoms with E-state index in [0.717, 1.165) is 11.1 Å². The highest BCUT2D eigenvalue weighted by atomic mass is 32.2. The van der Waals surface area contributed by atoms with Gasteiger partial charge in [-0.05, 0) is 46.9 Å². The van der Waals surface area contributed by atoms with Crippen LogP contribution in [0.4, 0.5) is 5.69 Å². The van der Waals surface area contributed by atoms with Crippen LogP contribution in [-0.2, 0) is 16.5 Å². The molecule has 0 aliphatic rings.